The lowest BCUT2D eigenvalue weighted by Gasteiger charge is -2.23. The number of para-hydroxylation sites is 1. The zero-order valence-electron chi connectivity index (χ0n) is 20.1. The standard InChI is InChI=1S/C28H26FN3O4/c1-28(2)26(34)32(27(35)31-28)14-15-36-25(33)23-20-7-3-4-9-22(20)30-24-18(6-5-8-21(23)24)16-17-10-12-19(29)13-11-17/h3-4,7,9-13,16H,5-6,8,14-15H2,1-2H3,(H,31,35). The first-order chi connectivity index (χ1) is 17.2. The molecule has 1 N–H and O–H groups in total. The van der Waals surface area contributed by atoms with Gasteiger partial charge < -0.3 is 10.1 Å². The highest BCUT2D eigenvalue weighted by atomic mass is 19.1. The van der Waals surface area contributed by atoms with Crippen molar-refractivity contribution < 1.29 is 23.5 Å². The smallest absolute Gasteiger partial charge is 0.339 e. The molecule has 2 aromatic carbocycles. The molecule has 1 fully saturated rings. The highest BCUT2D eigenvalue weighted by Gasteiger charge is 2.44. The van der Waals surface area contributed by atoms with Gasteiger partial charge in [-0.05, 0) is 74.1 Å². The van der Waals surface area contributed by atoms with Gasteiger partial charge >= 0.3 is 12.0 Å². The van der Waals surface area contributed by atoms with Gasteiger partial charge in [-0.1, -0.05) is 30.3 Å². The maximum Gasteiger partial charge on any atom is 0.339 e. The van der Waals surface area contributed by atoms with Crippen LogP contribution in [0.25, 0.3) is 22.6 Å². The Kier molecular flexibility index (Phi) is 6.04. The van der Waals surface area contributed by atoms with E-state index < -0.39 is 17.5 Å². The molecule has 0 saturated carbocycles. The van der Waals surface area contributed by atoms with Crippen molar-refractivity contribution in [2.24, 2.45) is 0 Å². The lowest BCUT2D eigenvalue weighted by Crippen LogP contribution is -2.40. The third-order valence-electron chi connectivity index (χ3n) is 6.58. The monoisotopic (exact) mass is 487 g/mol. The van der Waals surface area contributed by atoms with Crippen LogP contribution in [-0.2, 0) is 16.0 Å². The van der Waals surface area contributed by atoms with Gasteiger partial charge in [-0.2, -0.15) is 0 Å². The molecule has 8 heteroatoms. The maximum atomic E-state index is 13.4. The Bertz CT molecular complexity index is 1410. The summed E-state index contributed by atoms with van der Waals surface area (Å²) in [5.41, 5.74) is 3.54. The van der Waals surface area contributed by atoms with E-state index in [2.05, 4.69) is 5.32 Å². The number of allylic oxidation sites excluding steroid dienone is 1. The molecule has 1 aliphatic carbocycles. The van der Waals surface area contributed by atoms with Crippen molar-refractivity contribution in [2.45, 2.75) is 38.6 Å². The summed E-state index contributed by atoms with van der Waals surface area (Å²) < 4.78 is 19.0. The zero-order chi connectivity index (χ0) is 25.4. The summed E-state index contributed by atoms with van der Waals surface area (Å²) in [5.74, 6) is -1.17. The minimum absolute atomic E-state index is 0.0270. The largest absolute Gasteiger partial charge is 0.460 e. The van der Waals surface area contributed by atoms with Gasteiger partial charge in [0.05, 0.1) is 23.3 Å². The number of esters is 1. The molecule has 0 radical (unpaired) electrons. The minimum Gasteiger partial charge on any atom is -0.460 e. The molecule has 0 spiro atoms. The summed E-state index contributed by atoms with van der Waals surface area (Å²) in [6, 6.07) is 13.2. The van der Waals surface area contributed by atoms with Gasteiger partial charge in [-0.25, -0.2) is 19.0 Å². The molecular weight excluding hydrogens is 461 g/mol. The second-order valence-corrected chi connectivity index (χ2v) is 9.55. The van der Waals surface area contributed by atoms with Crippen molar-refractivity contribution >= 4 is 40.5 Å². The highest BCUT2D eigenvalue weighted by Crippen LogP contribution is 2.36. The number of amides is 3. The fraction of sp³-hybridized carbons (Fsp3) is 0.286. The molecule has 2 aliphatic rings. The number of imide groups is 1. The number of halogens is 1. The van der Waals surface area contributed by atoms with Crippen molar-refractivity contribution in [1.29, 1.82) is 0 Å². The van der Waals surface area contributed by atoms with E-state index in [0.29, 0.717) is 22.9 Å². The number of hydrogen-bond donors (Lipinski definition) is 1. The first kappa shape index (κ1) is 23.7. The Morgan fingerprint density at radius 3 is 2.61 bits per heavy atom. The Labute approximate surface area is 208 Å². The van der Waals surface area contributed by atoms with E-state index in [1.807, 2.05) is 30.3 Å². The first-order valence-electron chi connectivity index (χ1n) is 11.9. The lowest BCUT2D eigenvalue weighted by atomic mass is 9.86. The number of aromatic nitrogens is 1. The summed E-state index contributed by atoms with van der Waals surface area (Å²) in [5, 5.41) is 3.31. The molecule has 7 nitrogen and oxygen atoms in total. The van der Waals surface area contributed by atoms with E-state index in [9.17, 15) is 18.8 Å². The summed E-state index contributed by atoms with van der Waals surface area (Å²) in [6.45, 7) is 3.12. The zero-order valence-corrected chi connectivity index (χ0v) is 20.1. The number of benzene rings is 2. The van der Waals surface area contributed by atoms with Crippen LogP contribution in [-0.4, -0.2) is 46.5 Å². The second-order valence-electron chi connectivity index (χ2n) is 9.55. The van der Waals surface area contributed by atoms with Crippen LogP contribution in [0.4, 0.5) is 9.18 Å². The molecule has 0 bridgehead atoms. The van der Waals surface area contributed by atoms with Crippen molar-refractivity contribution in [3.63, 3.8) is 0 Å². The number of rotatable bonds is 5. The number of ether oxygens (including phenoxy) is 1. The number of carbonyl (C=O) groups is 3. The van der Waals surface area contributed by atoms with Crippen molar-refractivity contribution in [1.82, 2.24) is 15.2 Å². The summed E-state index contributed by atoms with van der Waals surface area (Å²) >= 11 is 0. The fourth-order valence-electron chi connectivity index (χ4n) is 4.79. The predicted molar refractivity (Wildman–Crippen MR) is 134 cm³/mol. The predicted octanol–water partition coefficient (Wildman–Crippen LogP) is 4.74. The molecule has 3 aromatic rings. The van der Waals surface area contributed by atoms with Crippen molar-refractivity contribution in [3.8, 4) is 0 Å². The molecular formula is C28H26FN3O4. The normalized spacial score (nSPS) is 17.9. The van der Waals surface area contributed by atoms with E-state index in [1.165, 1.54) is 12.1 Å². The Balaban J connectivity index is 1.46. The van der Waals surface area contributed by atoms with Gasteiger partial charge in [0.25, 0.3) is 5.91 Å². The summed E-state index contributed by atoms with van der Waals surface area (Å²) in [4.78, 5) is 43.9. The minimum atomic E-state index is -0.977. The molecule has 0 unspecified atom stereocenters. The number of carbonyl (C=O) groups excluding carboxylic acids is 3. The topological polar surface area (TPSA) is 88.6 Å². The third kappa shape index (κ3) is 4.34. The SMILES string of the molecule is CC1(C)NC(=O)N(CCOC(=O)c2c3c(nc4ccccc24)C(=Cc2ccc(F)cc2)CCC3)C1=O. The Hall–Kier alpha value is -4.07. The van der Waals surface area contributed by atoms with Crippen LogP contribution in [0.1, 0.15) is 53.9 Å². The van der Waals surface area contributed by atoms with Gasteiger partial charge in [-0.15, -0.1) is 0 Å². The van der Waals surface area contributed by atoms with Gasteiger partial charge in [-0.3, -0.25) is 9.69 Å². The van der Waals surface area contributed by atoms with Crippen molar-refractivity contribution in [2.75, 3.05) is 13.2 Å². The average molecular weight is 488 g/mol. The van der Waals surface area contributed by atoms with Crippen LogP contribution in [0.3, 0.4) is 0 Å². The van der Waals surface area contributed by atoms with Crippen LogP contribution in [0.2, 0.25) is 0 Å². The number of nitrogens with zero attached hydrogens (tertiary/aromatic N) is 2. The number of hydrogen-bond acceptors (Lipinski definition) is 5. The van der Waals surface area contributed by atoms with E-state index in [-0.39, 0.29) is 24.9 Å². The van der Waals surface area contributed by atoms with E-state index in [0.717, 1.165) is 40.1 Å². The van der Waals surface area contributed by atoms with E-state index in [4.69, 9.17) is 9.72 Å². The van der Waals surface area contributed by atoms with E-state index in [1.54, 1.807) is 26.0 Å². The molecule has 1 aromatic heterocycles. The maximum absolute atomic E-state index is 13.4. The van der Waals surface area contributed by atoms with Crippen LogP contribution in [0.5, 0.6) is 0 Å². The first-order valence-corrected chi connectivity index (χ1v) is 11.9. The summed E-state index contributed by atoms with van der Waals surface area (Å²) in [7, 11) is 0. The van der Waals surface area contributed by atoms with Crippen molar-refractivity contribution in [3.05, 3.63) is 76.7 Å². The lowest BCUT2D eigenvalue weighted by molar-refractivity contribution is -0.130. The van der Waals surface area contributed by atoms with Crippen LogP contribution < -0.4 is 5.32 Å². The summed E-state index contributed by atoms with van der Waals surface area (Å²) in [6.07, 6.45) is 4.26. The highest BCUT2D eigenvalue weighted by molar-refractivity contribution is 6.07. The molecule has 1 aliphatic heterocycles. The molecule has 36 heavy (non-hydrogen) atoms. The van der Waals surface area contributed by atoms with Gasteiger partial charge in [0, 0.05) is 5.39 Å². The molecule has 5 rings (SSSR count). The second kappa shape index (κ2) is 9.18. The fourth-order valence-corrected chi connectivity index (χ4v) is 4.79. The van der Waals surface area contributed by atoms with Crippen LogP contribution in [0.15, 0.2) is 48.5 Å². The number of pyridine rings is 1. The molecule has 3 amide bonds. The quantitative estimate of drug-likeness (QED) is 0.415. The number of fused-ring (bicyclic) bond motifs is 2. The molecule has 2 heterocycles. The van der Waals surface area contributed by atoms with Crippen LogP contribution >= 0.6 is 0 Å². The average Bonchev–Trinajstić information content (AvgIpc) is 3.05. The van der Waals surface area contributed by atoms with Gasteiger partial charge in [0.15, 0.2) is 0 Å². The number of nitrogens with one attached hydrogen (secondary N) is 1. The molecule has 184 valence electrons. The third-order valence-corrected chi connectivity index (χ3v) is 6.58. The number of urea groups is 1. The molecule has 0 atom stereocenters. The van der Waals surface area contributed by atoms with Gasteiger partial charge in [0.1, 0.15) is 18.0 Å². The Morgan fingerprint density at radius 2 is 1.89 bits per heavy atom. The Morgan fingerprint density at radius 1 is 1.14 bits per heavy atom. The molecule has 1 saturated heterocycles. The van der Waals surface area contributed by atoms with Crippen LogP contribution in [0, 0.1) is 5.82 Å². The van der Waals surface area contributed by atoms with Gasteiger partial charge in [0.2, 0.25) is 0 Å². The van der Waals surface area contributed by atoms with E-state index >= 15 is 0 Å².